The first-order valence-electron chi connectivity index (χ1n) is 15.0. The Morgan fingerprint density at radius 1 is 1.12 bits per heavy atom. The predicted octanol–water partition coefficient (Wildman–Crippen LogP) is 6.02. The van der Waals surface area contributed by atoms with Crippen molar-refractivity contribution >= 4 is 11.6 Å². The zero-order valence-corrected chi connectivity index (χ0v) is 24.7. The summed E-state index contributed by atoms with van der Waals surface area (Å²) in [6.07, 6.45) is 4.70. The van der Waals surface area contributed by atoms with E-state index in [4.69, 9.17) is 0 Å². The molecule has 10 heteroatoms. The zero-order valence-electron chi connectivity index (χ0n) is 24.7. The number of rotatable bonds is 8. The number of benzene rings is 2. The number of amides is 1. The average Bonchev–Trinajstić information content (AvgIpc) is 3.70. The highest BCUT2D eigenvalue weighted by atomic mass is 19.4. The quantitative estimate of drug-likeness (QED) is 0.352. The molecule has 1 N–H and O–H groups in total. The molecule has 1 aromatic heterocycles. The molecule has 2 fully saturated rings. The molecule has 0 radical (unpaired) electrons. The van der Waals surface area contributed by atoms with Gasteiger partial charge in [-0.05, 0) is 93.7 Å². The summed E-state index contributed by atoms with van der Waals surface area (Å²) in [5.74, 6) is 2.26. The molecule has 6 rings (SSSR count). The van der Waals surface area contributed by atoms with Crippen molar-refractivity contribution in [3.05, 3.63) is 76.9 Å². The third-order valence-electron chi connectivity index (χ3n) is 9.13. The predicted molar refractivity (Wildman–Crippen MR) is 157 cm³/mol. The van der Waals surface area contributed by atoms with Crippen LogP contribution in [0, 0.1) is 11.8 Å². The minimum absolute atomic E-state index is 0.0633. The fraction of sp³-hybridized carbons (Fsp3) is 0.531. The number of hydrogen-bond acceptors (Lipinski definition) is 5. The number of nitrogens with one attached hydrogen (secondary N) is 1. The number of carbonyl (C=O) groups excluding carboxylic acids is 1. The molecule has 2 aromatic carbocycles. The molecule has 2 aliphatic heterocycles. The number of carbonyl (C=O) groups is 1. The molecule has 226 valence electrons. The maximum atomic E-state index is 13.9. The summed E-state index contributed by atoms with van der Waals surface area (Å²) in [6, 6.07) is 11.5. The van der Waals surface area contributed by atoms with Crippen LogP contribution in [0.1, 0.15) is 77.9 Å². The monoisotopic (exact) mass is 582 g/mol. The topological polar surface area (TPSA) is 66.3 Å². The lowest BCUT2D eigenvalue weighted by Crippen LogP contribution is -2.26. The van der Waals surface area contributed by atoms with Crippen LogP contribution in [-0.4, -0.2) is 52.3 Å². The van der Waals surface area contributed by atoms with Crippen LogP contribution in [0.25, 0.3) is 0 Å². The van der Waals surface area contributed by atoms with Crippen molar-refractivity contribution in [2.75, 3.05) is 31.6 Å². The molecule has 0 bridgehead atoms. The first-order chi connectivity index (χ1) is 20.1. The number of fused-ring (bicyclic) bond motifs is 1. The van der Waals surface area contributed by atoms with Gasteiger partial charge in [0.1, 0.15) is 12.2 Å². The van der Waals surface area contributed by atoms with Gasteiger partial charge < -0.3 is 14.8 Å². The Labute approximate surface area is 246 Å². The van der Waals surface area contributed by atoms with Crippen molar-refractivity contribution in [2.24, 2.45) is 18.9 Å². The van der Waals surface area contributed by atoms with Gasteiger partial charge in [0, 0.05) is 30.8 Å². The first-order valence-corrected chi connectivity index (χ1v) is 15.0. The first kappa shape index (κ1) is 30.2. The lowest BCUT2D eigenvalue weighted by molar-refractivity contribution is -0.138. The van der Waals surface area contributed by atoms with Gasteiger partial charge >= 0.3 is 6.18 Å². The summed E-state index contributed by atoms with van der Waals surface area (Å²) in [6.45, 7) is 4.68. The second kappa shape index (κ2) is 13.0. The fourth-order valence-corrected chi connectivity index (χ4v) is 5.98. The second-order valence-electron chi connectivity index (χ2n) is 12.0. The highest BCUT2D eigenvalue weighted by molar-refractivity contribution is 6.10. The Bertz CT molecular complexity index is 1350. The van der Waals surface area contributed by atoms with E-state index in [-0.39, 0.29) is 29.6 Å². The van der Waals surface area contributed by atoms with Crippen molar-refractivity contribution < 1.29 is 18.0 Å². The average molecular weight is 583 g/mol. The third kappa shape index (κ3) is 6.86. The van der Waals surface area contributed by atoms with E-state index >= 15 is 0 Å². The number of nitrogens with zero attached hydrogens (tertiary/aromatic N) is 5. The molecular formula is C32H41F3N6O. The molecule has 1 aliphatic carbocycles. The van der Waals surface area contributed by atoms with Gasteiger partial charge in [-0.2, -0.15) is 13.2 Å². The van der Waals surface area contributed by atoms with E-state index in [1.807, 2.05) is 31.7 Å². The van der Waals surface area contributed by atoms with Crippen LogP contribution in [0.15, 0.2) is 48.8 Å². The second-order valence-corrected chi connectivity index (χ2v) is 12.0. The highest BCUT2D eigenvalue weighted by Crippen LogP contribution is 2.41. The number of para-hydroxylation sites is 1. The normalized spacial score (nSPS) is 19.5. The standard InChI is InChI=1S/C24H28F3N3O.C8H13N3/c1-16(29(2)11-9-17-8-10-28-14-17)18-12-20-21(22(13-18)24(25,26)27)15-30(23(20)31)19-6-4-3-5-7-19;1-11-6-9-10-8(11)5-7-3-2-4-7/h3-7,12-13,16-17,28H,8-11,14-15H2,1-2H3;6-7H,2-5H2,1H3. The van der Waals surface area contributed by atoms with Gasteiger partial charge in [0.2, 0.25) is 0 Å². The number of alkyl halides is 3. The van der Waals surface area contributed by atoms with Crippen LogP contribution < -0.4 is 10.2 Å². The van der Waals surface area contributed by atoms with Gasteiger partial charge in [-0.1, -0.05) is 37.5 Å². The molecule has 2 unspecified atom stereocenters. The molecular weight excluding hydrogens is 541 g/mol. The Balaban J connectivity index is 0.000000267. The van der Waals surface area contributed by atoms with E-state index in [1.165, 1.54) is 30.2 Å². The van der Waals surface area contributed by atoms with Gasteiger partial charge in [0.15, 0.2) is 0 Å². The van der Waals surface area contributed by atoms with Crippen LogP contribution in [0.2, 0.25) is 0 Å². The summed E-state index contributed by atoms with van der Waals surface area (Å²) >= 11 is 0. The Hall–Kier alpha value is -3.24. The number of aromatic nitrogens is 3. The zero-order chi connectivity index (χ0) is 29.9. The molecule has 0 spiro atoms. The van der Waals surface area contributed by atoms with Crippen molar-refractivity contribution in [1.29, 1.82) is 0 Å². The molecule has 42 heavy (non-hydrogen) atoms. The largest absolute Gasteiger partial charge is 0.416 e. The summed E-state index contributed by atoms with van der Waals surface area (Å²) in [4.78, 5) is 16.6. The van der Waals surface area contributed by atoms with Crippen LogP contribution in [0.5, 0.6) is 0 Å². The van der Waals surface area contributed by atoms with Crippen molar-refractivity contribution in [3.8, 4) is 0 Å². The van der Waals surface area contributed by atoms with E-state index in [2.05, 4.69) is 20.4 Å². The maximum Gasteiger partial charge on any atom is 0.416 e. The van der Waals surface area contributed by atoms with E-state index in [9.17, 15) is 18.0 Å². The molecule has 3 aromatic rings. The van der Waals surface area contributed by atoms with Gasteiger partial charge in [-0.15, -0.1) is 10.2 Å². The minimum atomic E-state index is -4.51. The summed E-state index contributed by atoms with van der Waals surface area (Å²) < 4.78 is 43.9. The van der Waals surface area contributed by atoms with E-state index < -0.39 is 11.7 Å². The number of halogens is 3. The van der Waals surface area contributed by atoms with Crippen molar-refractivity contribution in [3.63, 3.8) is 0 Å². The van der Waals surface area contributed by atoms with E-state index in [0.29, 0.717) is 17.2 Å². The maximum absolute atomic E-state index is 13.9. The Morgan fingerprint density at radius 3 is 2.48 bits per heavy atom. The molecule has 2 atom stereocenters. The minimum Gasteiger partial charge on any atom is -0.321 e. The van der Waals surface area contributed by atoms with E-state index in [0.717, 1.165) is 50.6 Å². The van der Waals surface area contributed by atoms with Crippen LogP contribution in [0.3, 0.4) is 0 Å². The molecule has 1 saturated carbocycles. The third-order valence-corrected chi connectivity index (χ3v) is 9.13. The van der Waals surface area contributed by atoms with Gasteiger partial charge in [0.05, 0.1) is 12.1 Å². The van der Waals surface area contributed by atoms with E-state index in [1.54, 1.807) is 36.7 Å². The van der Waals surface area contributed by atoms with Crippen LogP contribution >= 0.6 is 0 Å². The highest BCUT2D eigenvalue weighted by Gasteiger charge is 2.41. The van der Waals surface area contributed by atoms with Crippen LogP contribution in [-0.2, 0) is 26.2 Å². The number of anilines is 1. The molecule has 7 nitrogen and oxygen atoms in total. The SMILES string of the molecule is CC(c1cc2c(c(C(F)(F)F)c1)CN(c1ccccc1)C2=O)N(C)CCC1CCNC1.Cn1cnnc1CC1CCC1. The van der Waals surface area contributed by atoms with Gasteiger partial charge in [-0.25, -0.2) is 0 Å². The lowest BCUT2D eigenvalue weighted by Gasteiger charge is -2.27. The molecule has 1 amide bonds. The Morgan fingerprint density at radius 2 is 1.88 bits per heavy atom. The number of aryl methyl sites for hydroxylation is 1. The van der Waals surface area contributed by atoms with Gasteiger partial charge in [-0.3, -0.25) is 9.69 Å². The number of hydrogen-bond donors (Lipinski definition) is 1. The fourth-order valence-electron chi connectivity index (χ4n) is 5.98. The van der Waals surface area contributed by atoms with Crippen molar-refractivity contribution in [2.45, 2.75) is 64.2 Å². The molecule has 1 saturated heterocycles. The molecule has 3 aliphatic rings. The van der Waals surface area contributed by atoms with Gasteiger partial charge in [0.25, 0.3) is 5.91 Å². The smallest absolute Gasteiger partial charge is 0.321 e. The summed E-state index contributed by atoms with van der Waals surface area (Å²) in [5, 5.41) is 11.2. The molecule has 3 heterocycles. The lowest BCUT2D eigenvalue weighted by atomic mass is 9.83. The van der Waals surface area contributed by atoms with Crippen LogP contribution in [0.4, 0.5) is 18.9 Å². The summed E-state index contributed by atoms with van der Waals surface area (Å²) in [5.41, 5.74) is 0.660. The summed E-state index contributed by atoms with van der Waals surface area (Å²) in [7, 11) is 3.94. The Kier molecular flexibility index (Phi) is 9.32. The van der Waals surface area contributed by atoms with Crippen molar-refractivity contribution in [1.82, 2.24) is 25.0 Å².